The average molecular weight is 353 g/mol. The molecule has 25 heavy (non-hydrogen) atoms. The van der Waals surface area contributed by atoms with Gasteiger partial charge in [0.1, 0.15) is 5.52 Å². The molecular weight excluding hydrogens is 338 g/mol. The summed E-state index contributed by atoms with van der Waals surface area (Å²) in [4.78, 5) is 20.9. The van der Waals surface area contributed by atoms with Crippen molar-refractivity contribution in [1.82, 2.24) is 19.7 Å². The molecule has 0 aliphatic rings. The normalized spacial score (nSPS) is 11.3. The lowest BCUT2D eigenvalue weighted by atomic mass is 10.2. The van der Waals surface area contributed by atoms with Crippen LogP contribution in [0.4, 0.5) is 5.69 Å². The van der Waals surface area contributed by atoms with E-state index in [1.54, 1.807) is 10.9 Å². The van der Waals surface area contributed by atoms with Gasteiger partial charge in [0.2, 0.25) is 5.91 Å². The number of nitrogens with zero attached hydrogens (tertiary/aromatic N) is 4. The number of fused-ring (bicyclic) bond motifs is 2. The van der Waals surface area contributed by atoms with Gasteiger partial charge in [-0.05, 0) is 25.1 Å². The van der Waals surface area contributed by atoms with Gasteiger partial charge in [0.05, 0.1) is 23.3 Å². The number of nitrogens with one attached hydrogen (secondary N) is 1. The van der Waals surface area contributed by atoms with E-state index in [2.05, 4.69) is 20.4 Å². The quantitative estimate of drug-likeness (QED) is 0.567. The fraction of sp³-hybridized carbons (Fsp3) is 0.176. The minimum Gasteiger partial charge on any atom is -0.431 e. The van der Waals surface area contributed by atoms with E-state index in [9.17, 15) is 4.79 Å². The fourth-order valence-electron chi connectivity index (χ4n) is 2.61. The lowest BCUT2D eigenvalue weighted by Gasteiger charge is -2.04. The van der Waals surface area contributed by atoms with Gasteiger partial charge in [0.25, 0.3) is 5.22 Å². The Kier molecular flexibility index (Phi) is 3.89. The van der Waals surface area contributed by atoms with Crippen LogP contribution in [0.2, 0.25) is 0 Å². The lowest BCUT2D eigenvalue weighted by molar-refractivity contribution is -0.113. The zero-order chi connectivity index (χ0) is 17.4. The van der Waals surface area contributed by atoms with Gasteiger partial charge in [-0.2, -0.15) is 5.10 Å². The maximum absolute atomic E-state index is 12.2. The Balaban J connectivity index is 1.44. The number of anilines is 1. The van der Waals surface area contributed by atoms with Gasteiger partial charge in [-0.3, -0.25) is 9.48 Å². The van der Waals surface area contributed by atoms with Crippen LogP contribution in [0, 0.1) is 6.92 Å². The molecule has 0 unspecified atom stereocenters. The van der Waals surface area contributed by atoms with Crippen molar-refractivity contribution in [3.63, 3.8) is 0 Å². The van der Waals surface area contributed by atoms with Crippen LogP contribution in [-0.2, 0) is 11.8 Å². The van der Waals surface area contributed by atoms with E-state index in [-0.39, 0.29) is 11.7 Å². The molecule has 126 valence electrons. The van der Waals surface area contributed by atoms with Crippen LogP contribution in [0.25, 0.3) is 22.1 Å². The molecule has 0 spiro atoms. The number of amides is 1. The van der Waals surface area contributed by atoms with Crippen LogP contribution < -0.4 is 5.32 Å². The Morgan fingerprint density at radius 2 is 2.20 bits per heavy atom. The van der Waals surface area contributed by atoms with Crippen LogP contribution in [0.15, 0.2) is 46.2 Å². The SMILES string of the molecule is Cc1nn(C)c2ncc(NC(=O)CSc3nc4ccccc4o3)cc12. The van der Waals surface area contributed by atoms with E-state index in [1.165, 1.54) is 11.8 Å². The highest BCUT2D eigenvalue weighted by Gasteiger charge is 2.11. The number of rotatable bonds is 4. The van der Waals surface area contributed by atoms with Crippen molar-refractivity contribution in [3.8, 4) is 0 Å². The van der Waals surface area contributed by atoms with Gasteiger partial charge < -0.3 is 9.73 Å². The van der Waals surface area contributed by atoms with E-state index in [4.69, 9.17) is 4.42 Å². The summed E-state index contributed by atoms with van der Waals surface area (Å²) >= 11 is 1.26. The first kappa shape index (κ1) is 15.6. The van der Waals surface area contributed by atoms with Crippen molar-refractivity contribution < 1.29 is 9.21 Å². The largest absolute Gasteiger partial charge is 0.431 e. The van der Waals surface area contributed by atoms with Crippen LogP contribution >= 0.6 is 11.8 Å². The molecule has 0 fully saturated rings. The number of hydrogen-bond acceptors (Lipinski definition) is 6. The second-order valence-electron chi connectivity index (χ2n) is 5.59. The number of carbonyl (C=O) groups is 1. The van der Waals surface area contributed by atoms with Crippen LogP contribution in [0.5, 0.6) is 0 Å². The lowest BCUT2D eigenvalue weighted by Crippen LogP contribution is -2.14. The second-order valence-corrected chi connectivity index (χ2v) is 6.52. The summed E-state index contributed by atoms with van der Waals surface area (Å²) in [7, 11) is 1.84. The van der Waals surface area contributed by atoms with Crippen LogP contribution in [-0.4, -0.2) is 31.4 Å². The Bertz CT molecular complexity index is 1050. The monoisotopic (exact) mass is 353 g/mol. The van der Waals surface area contributed by atoms with Gasteiger partial charge in [0.15, 0.2) is 11.2 Å². The van der Waals surface area contributed by atoms with Gasteiger partial charge in [-0.15, -0.1) is 0 Å². The number of para-hydroxylation sites is 2. The Morgan fingerprint density at radius 3 is 3.04 bits per heavy atom. The maximum atomic E-state index is 12.2. The third kappa shape index (κ3) is 3.08. The average Bonchev–Trinajstić information content (AvgIpc) is 3.14. The predicted molar refractivity (Wildman–Crippen MR) is 96.6 cm³/mol. The molecule has 4 rings (SSSR count). The molecule has 0 radical (unpaired) electrons. The molecule has 7 nitrogen and oxygen atoms in total. The number of aromatic nitrogens is 4. The number of carbonyl (C=O) groups excluding carboxylic acids is 1. The Hall–Kier alpha value is -2.87. The molecule has 4 aromatic rings. The first-order chi connectivity index (χ1) is 12.1. The summed E-state index contributed by atoms with van der Waals surface area (Å²) in [5, 5.41) is 8.57. The highest BCUT2D eigenvalue weighted by Crippen LogP contribution is 2.24. The topological polar surface area (TPSA) is 85.8 Å². The zero-order valence-corrected chi connectivity index (χ0v) is 14.5. The molecule has 1 amide bonds. The standard InChI is InChI=1S/C17H15N5O2S/c1-10-12-7-11(8-18-16(12)22(2)21-10)19-15(23)9-25-17-20-13-5-3-4-6-14(13)24-17/h3-8H,9H2,1-2H3,(H,19,23). The molecule has 0 saturated carbocycles. The first-order valence-electron chi connectivity index (χ1n) is 7.68. The molecular formula is C17H15N5O2S. The molecule has 0 aliphatic heterocycles. The highest BCUT2D eigenvalue weighted by atomic mass is 32.2. The van der Waals surface area contributed by atoms with Gasteiger partial charge in [-0.25, -0.2) is 9.97 Å². The van der Waals surface area contributed by atoms with Crippen molar-refractivity contribution in [2.24, 2.45) is 7.05 Å². The summed E-state index contributed by atoms with van der Waals surface area (Å²) < 4.78 is 7.31. The second kappa shape index (κ2) is 6.21. The number of hydrogen-bond donors (Lipinski definition) is 1. The number of oxazole rings is 1. The number of pyridine rings is 1. The molecule has 0 atom stereocenters. The summed E-state index contributed by atoms with van der Waals surface area (Å²) in [6, 6.07) is 9.39. The maximum Gasteiger partial charge on any atom is 0.257 e. The van der Waals surface area contributed by atoms with Crippen molar-refractivity contribution in [2.75, 3.05) is 11.1 Å². The van der Waals surface area contributed by atoms with Crippen molar-refractivity contribution in [3.05, 3.63) is 42.2 Å². The van der Waals surface area contributed by atoms with Crippen molar-refractivity contribution >= 4 is 45.5 Å². The van der Waals surface area contributed by atoms with Gasteiger partial charge in [0, 0.05) is 12.4 Å². The molecule has 8 heteroatoms. The summed E-state index contributed by atoms with van der Waals surface area (Å²) in [5.74, 6) is 0.0617. The van der Waals surface area contributed by atoms with Crippen molar-refractivity contribution in [1.29, 1.82) is 0 Å². The smallest absolute Gasteiger partial charge is 0.257 e. The third-order valence-corrected chi connectivity index (χ3v) is 4.58. The van der Waals surface area contributed by atoms with Crippen molar-refractivity contribution in [2.45, 2.75) is 12.1 Å². The van der Waals surface area contributed by atoms with Gasteiger partial charge in [-0.1, -0.05) is 23.9 Å². The summed E-state index contributed by atoms with van der Waals surface area (Å²) in [6.45, 7) is 1.92. The zero-order valence-electron chi connectivity index (χ0n) is 13.7. The molecule has 3 aromatic heterocycles. The minimum absolute atomic E-state index is 0.144. The first-order valence-corrected chi connectivity index (χ1v) is 8.66. The van der Waals surface area contributed by atoms with E-state index in [1.807, 2.05) is 44.3 Å². The van der Waals surface area contributed by atoms with E-state index in [0.717, 1.165) is 22.2 Å². The third-order valence-electron chi connectivity index (χ3n) is 3.75. The van der Waals surface area contributed by atoms with E-state index < -0.39 is 0 Å². The minimum atomic E-state index is -0.144. The number of benzene rings is 1. The summed E-state index contributed by atoms with van der Waals surface area (Å²) in [6.07, 6.45) is 1.63. The Morgan fingerprint density at radius 1 is 1.36 bits per heavy atom. The molecule has 0 saturated heterocycles. The number of aryl methyl sites for hydroxylation is 2. The molecule has 1 N–H and O–H groups in total. The predicted octanol–water partition coefficient (Wildman–Crippen LogP) is 3.15. The van der Waals surface area contributed by atoms with E-state index >= 15 is 0 Å². The molecule has 1 aromatic carbocycles. The number of thioether (sulfide) groups is 1. The van der Waals surface area contributed by atoms with Gasteiger partial charge >= 0.3 is 0 Å². The van der Waals surface area contributed by atoms with E-state index in [0.29, 0.717) is 16.5 Å². The Labute approximate surface area is 147 Å². The molecule has 0 aliphatic carbocycles. The molecule has 0 bridgehead atoms. The van der Waals surface area contributed by atoms with Crippen LogP contribution in [0.3, 0.4) is 0 Å². The molecule has 3 heterocycles. The fourth-order valence-corrected chi connectivity index (χ4v) is 3.25. The van der Waals surface area contributed by atoms with Crippen LogP contribution in [0.1, 0.15) is 5.69 Å². The summed E-state index contributed by atoms with van der Waals surface area (Å²) in [5.41, 5.74) is 3.81. The highest BCUT2D eigenvalue weighted by molar-refractivity contribution is 7.99.